The van der Waals surface area contributed by atoms with Crippen LogP contribution < -0.4 is 10.1 Å². The van der Waals surface area contributed by atoms with Crippen molar-refractivity contribution in [2.75, 3.05) is 7.11 Å². The van der Waals surface area contributed by atoms with Crippen molar-refractivity contribution < 1.29 is 9.53 Å². The van der Waals surface area contributed by atoms with Crippen molar-refractivity contribution in [2.24, 2.45) is 0 Å². The molecule has 1 amide bonds. The van der Waals surface area contributed by atoms with E-state index in [0.717, 1.165) is 5.75 Å². The second-order valence-corrected chi connectivity index (χ2v) is 3.94. The number of ether oxygens (including phenoxy) is 1. The lowest BCUT2D eigenvalue weighted by Gasteiger charge is -2.14. The molecule has 0 aromatic heterocycles. The molecule has 1 heterocycles. The molecule has 1 aromatic rings. The molecule has 0 spiro atoms. The zero-order valence-corrected chi connectivity index (χ0v) is 8.99. The number of hydrogen-bond acceptors (Lipinski definition) is 2. The van der Waals surface area contributed by atoms with Gasteiger partial charge in [-0.3, -0.25) is 4.79 Å². The fourth-order valence-corrected chi connectivity index (χ4v) is 2.05. The van der Waals surface area contributed by atoms with Crippen LogP contribution in [0.3, 0.4) is 0 Å². The lowest BCUT2D eigenvalue weighted by Crippen LogP contribution is -2.24. The Hall–Kier alpha value is -1.51. The summed E-state index contributed by atoms with van der Waals surface area (Å²) in [5, 5.41) is 2.92. The van der Waals surface area contributed by atoms with Gasteiger partial charge >= 0.3 is 0 Å². The first-order valence-electron chi connectivity index (χ1n) is 5.14. The van der Waals surface area contributed by atoms with Crippen molar-refractivity contribution in [1.82, 2.24) is 5.32 Å². The Balaban J connectivity index is 2.19. The van der Waals surface area contributed by atoms with Crippen molar-refractivity contribution in [3.63, 3.8) is 0 Å². The summed E-state index contributed by atoms with van der Waals surface area (Å²) in [5.74, 6) is 1.29. The van der Waals surface area contributed by atoms with Crippen LogP contribution in [0.15, 0.2) is 24.3 Å². The molecule has 1 fully saturated rings. The largest absolute Gasteiger partial charge is 0.497 e. The van der Waals surface area contributed by atoms with Crippen LogP contribution >= 0.6 is 0 Å². The zero-order chi connectivity index (χ0) is 10.8. The maximum atomic E-state index is 11.2. The molecule has 0 bridgehead atoms. The molecule has 0 saturated carbocycles. The van der Waals surface area contributed by atoms with Gasteiger partial charge < -0.3 is 10.1 Å². The second-order valence-electron chi connectivity index (χ2n) is 3.94. The standard InChI is InChI=1S/C12H15NO2/c1-8-11(7-12(14)13-8)9-3-5-10(15-2)6-4-9/h3-6,8,11H,7H2,1-2H3,(H,13,14). The van der Waals surface area contributed by atoms with Crippen LogP contribution in [0.2, 0.25) is 0 Å². The molecule has 1 saturated heterocycles. The number of amides is 1. The normalized spacial score (nSPS) is 25.1. The van der Waals surface area contributed by atoms with E-state index in [2.05, 4.69) is 5.32 Å². The van der Waals surface area contributed by atoms with Gasteiger partial charge in [0.25, 0.3) is 0 Å². The van der Waals surface area contributed by atoms with Crippen LogP contribution in [0.25, 0.3) is 0 Å². The zero-order valence-electron chi connectivity index (χ0n) is 8.99. The molecule has 1 aromatic carbocycles. The molecular weight excluding hydrogens is 190 g/mol. The van der Waals surface area contributed by atoms with Gasteiger partial charge in [0.05, 0.1) is 7.11 Å². The predicted octanol–water partition coefficient (Wildman–Crippen LogP) is 1.69. The number of hydrogen-bond donors (Lipinski definition) is 1. The number of nitrogens with one attached hydrogen (secondary N) is 1. The van der Waals surface area contributed by atoms with Crippen molar-refractivity contribution in [1.29, 1.82) is 0 Å². The number of benzene rings is 1. The van der Waals surface area contributed by atoms with E-state index < -0.39 is 0 Å². The van der Waals surface area contributed by atoms with Crippen molar-refractivity contribution in [3.05, 3.63) is 29.8 Å². The highest BCUT2D eigenvalue weighted by Crippen LogP contribution is 2.29. The van der Waals surface area contributed by atoms with Crippen LogP contribution in [0, 0.1) is 0 Å². The number of carbonyl (C=O) groups excluding carboxylic acids is 1. The first-order valence-corrected chi connectivity index (χ1v) is 5.14. The molecule has 3 heteroatoms. The van der Waals surface area contributed by atoms with E-state index in [1.54, 1.807) is 7.11 Å². The summed E-state index contributed by atoms with van der Waals surface area (Å²) in [4.78, 5) is 11.2. The van der Waals surface area contributed by atoms with E-state index in [0.29, 0.717) is 12.3 Å². The maximum Gasteiger partial charge on any atom is 0.220 e. The molecule has 2 rings (SSSR count). The smallest absolute Gasteiger partial charge is 0.220 e. The Morgan fingerprint density at radius 1 is 1.33 bits per heavy atom. The van der Waals surface area contributed by atoms with E-state index in [-0.39, 0.29) is 11.9 Å². The van der Waals surface area contributed by atoms with Crippen LogP contribution in [0.4, 0.5) is 0 Å². The van der Waals surface area contributed by atoms with Crippen LogP contribution in [-0.2, 0) is 4.79 Å². The molecule has 1 aliphatic rings. The second kappa shape index (κ2) is 3.93. The van der Waals surface area contributed by atoms with Gasteiger partial charge in [0.1, 0.15) is 5.75 Å². The third-order valence-electron chi connectivity index (χ3n) is 2.94. The summed E-state index contributed by atoms with van der Waals surface area (Å²) >= 11 is 0. The minimum absolute atomic E-state index is 0.142. The maximum absolute atomic E-state index is 11.2. The summed E-state index contributed by atoms with van der Waals surface area (Å²) in [6.07, 6.45) is 0.591. The Morgan fingerprint density at radius 3 is 2.47 bits per heavy atom. The average molecular weight is 205 g/mol. The van der Waals surface area contributed by atoms with Crippen molar-refractivity contribution >= 4 is 5.91 Å². The van der Waals surface area contributed by atoms with Crippen LogP contribution in [0.5, 0.6) is 5.75 Å². The van der Waals surface area contributed by atoms with Gasteiger partial charge in [-0.25, -0.2) is 0 Å². The average Bonchev–Trinajstić information content (AvgIpc) is 2.58. The Bertz CT molecular complexity index is 358. The molecule has 2 unspecified atom stereocenters. The number of methoxy groups -OCH3 is 1. The fourth-order valence-electron chi connectivity index (χ4n) is 2.05. The minimum Gasteiger partial charge on any atom is -0.497 e. The highest BCUT2D eigenvalue weighted by atomic mass is 16.5. The van der Waals surface area contributed by atoms with E-state index in [9.17, 15) is 4.79 Å². The van der Waals surface area contributed by atoms with Gasteiger partial charge in [0.15, 0.2) is 0 Å². The Morgan fingerprint density at radius 2 is 2.00 bits per heavy atom. The van der Waals surface area contributed by atoms with Gasteiger partial charge in [-0.2, -0.15) is 0 Å². The molecule has 0 aliphatic carbocycles. The third-order valence-corrected chi connectivity index (χ3v) is 2.94. The highest BCUT2D eigenvalue weighted by Gasteiger charge is 2.29. The predicted molar refractivity (Wildman–Crippen MR) is 58.0 cm³/mol. The topological polar surface area (TPSA) is 38.3 Å². The van der Waals surface area contributed by atoms with Crippen molar-refractivity contribution in [2.45, 2.75) is 25.3 Å². The van der Waals surface area contributed by atoms with Gasteiger partial charge in [-0.15, -0.1) is 0 Å². The van der Waals surface area contributed by atoms with E-state index in [4.69, 9.17) is 4.74 Å². The quantitative estimate of drug-likeness (QED) is 0.797. The lowest BCUT2D eigenvalue weighted by molar-refractivity contribution is -0.119. The van der Waals surface area contributed by atoms with Crippen LogP contribution in [0.1, 0.15) is 24.8 Å². The Labute approximate surface area is 89.4 Å². The van der Waals surface area contributed by atoms with Gasteiger partial charge in [0, 0.05) is 18.4 Å². The lowest BCUT2D eigenvalue weighted by atomic mass is 9.93. The summed E-state index contributed by atoms with van der Waals surface area (Å²) in [5.41, 5.74) is 1.20. The third kappa shape index (κ3) is 1.96. The first-order chi connectivity index (χ1) is 7.20. The molecule has 80 valence electrons. The first kappa shape index (κ1) is 10.0. The summed E-state index contributed by atoms with van der Waals surface area (Å²) in [6, 6.07) is 8.15. The monoisotopic (exact) mass is 205 g/mol. The van der Waals surface area contributed by atoms with Gasteiger partial charge in [-0.05, 0) is 24.6 Å². The van der Waals surface area contributed by atoms with Crippen molar-refractivity contribution in [3.8, 4) is 5.75 Å². The molecule has 15 heavy (non-hydrogen) atoms. The van der Waals surface area contributed by atoms with Crippen LogP contribution in [-0.4, -0.2) is 19.1 Å². The van der Waals surface area contributed by atoms with E-state index in [1.807, 2.05) is 31.2 Å². The fraction of sp³-hybridized carbons (Fsp3) is 0.417. The molecule has 2 atom stereocenters. The molecule has 3 nitrogen and oxygen atoms in total. The summed E-state index contributed by atoms with van der Waals surface area (Å²) < 4.78 is 5.10. The highest BCUT2D eigenvalue weighted by molar-refractivity contribution is 5.80. The van der Waals surface area contributed by atoms with E-state index >= 15 is 0 Å². The van der Waals surface area contributed by atoms with E-state index in [1.165, 1.54) is 5.56 Å². The Kier molecular flexibility index (Phi) is 2.62. The molecule has 0 radical (unpaired) electrons. The number of rotatable bonds is 2. The summed E-state index contributed by atoms with van der Waals surface area (Å²) in [7, 11) is 1.65. The number of carbonyl (C=O) groups is 1. The minimum atomic E-state index is 0.142. The van der Waals surface area contributed by atoms with Gasteiger partial charge in [-0.1, -0.05) is 12.1 Å². The molecule has 1 N–H and O–H groups in total. The van der Waals surface area contributed by atoms with Gasteiger partial charge in [0.2, 0.25) is 5.91 Å². The SMILES string of the molecule is COc1ccc(C2CC(=O)NC2C)cc1. The molecule has 1 aliphatic heterocycles. The summed E-state index contributed by atoms with van der Waals surface area (Å²) in [6.45, 7) is 2.04. The molecular formula is C12H15NO2.